The van der Waals surface area contributed by atoms with E-state index in [2.05, 4.69) is 20.5 Å². The molecule has 2 rings (SSSR count). The highest BCUT2D eigenvalue weighted by molar-refractivity contribution is 7.07. The number of rotatable bonds is 4. The van der Waals surface area contributed by atoms with E-state index in [4.69, 9.17) is 0 Å². The first-order chi connectivity index (χ1) is 6.45. The van der Waals surface area contributed by atoms with Crippen LogP contribution in [0.25, 0.3) is 0 Å². The first-order valence-corrected chi connectivity index (χ1v) is 4.95. The normalized spacial score (nSPS) is 10.5. The maximum Gasteiger partial charge on any atom is 0.0795 e. The third-order valence-corrected chi connectivity index (χ3v) is 2.30. The summed E-state index contributed by atoms with van der Waals surface area (Å²) in [6.45, 7) is 1.61. The number of nitrogens with one attached hydrogen (secondary N) is 2. The maximum absolute atomic E-state index is 4.17. The van der Waals surface area contributed by atoms with Crippen LogP contribution in [-0.4, -0.2) is 15.2 Å². The maximum atomic E-state index is 4.17. The molecule has 0 saturated carbocycles. The average Bonchev–Trinajstić information content (AvgIpc) is 2.75. The molecule has 0 radical (unpaired) electrons. The van der Waals surface area contributed by atoms with E-state index in [1.54, 1.807) is 17.5 Å². The van der Waals surface area contributed by atoms with E-state index in [1.807, 2.05) is 17.0 Å². The Kier molecular flexibility index (Phi) is 2.68. The van der Waals surface area contributed by atoms with Gasteiger partial charge in [-0.1, -0.05) is 0 Å². The van der Waals surface area contributed by atoms with Gasteiger partial charge in [0.25, 0.3) is 0 Å². The molecule has 0 aliphatic rings. The zero-order chi connectivity index (χ0) is 8.93. The Labute approximate surface area is 80.0 Å². The predicted octanol–water partition coefficient (Wildman–Crippen LogP) is 1.16. The Morgan fingerprint density at radius 1 is 1.46 bits per heavy atom. The van der Waals surface area contributed by atoms with Crippen molar-refractivity contribution < 1.29 is 0 Å². The molecule has 5 heteroatoms. The molecular weight excluding hydrogens is 184 g/mol. The molecule has 0 fully saturated rings. The second-order valence-corrected chi connectivity index (χ2v) is 3.38. The highest BCUT2D eigenvalue weighted by Crippen LogP contribution is 2.00. The predicted molar refractivity (Wildman–Crippen MR) is 51.2 cm³/mol. The molecule has 2 aromatic rings. The number of aromatic amines is 1. The summed E-state index contributed by atoms with van der Waals surface area (Å²) in [5.41, 5.74) is 4.02. The second-order valence-electron chi connectivity index (χ2n) is 2.67. The summed E-state index contributed by atoms with van der Waals surface area (Å²) in [7, 11) is 0. The molecule has 0 aromatic carbocycles. The van der Waals surface area contributed by atoms with Gasteiger partial charge >= 0.3 is 0 Å². The zero-order valence-corrected chi connectivity index (χ0v) is 7.84. The number of hydrogen-bond donors (Lipinski definition) is 2. The van der Waals surface area contributed by atoms with Crippen LogP contribution in [0.1, 0.15) is 11.4 Å². The number of nitrogens with zero attached hydrogens (tertiary/aromatic N) is 2. The van der Waals surface area contributed by atoms with Crippen molar-refractivity contribution in [2.24, 2.45) is 0 Å². The molecule has 0 saturated heterocycles. The molecule has 68 valence electrons. The third kappa shape index (κ3) is 2.37. The SMILES string of the molecule is c1cc(CNCc2cscn2)[nH]n1. The molecule has 2 aromatic heterocycles. The van der Waals surface area contributed by atoms with Crippen LogP contribution in [0.4, 0.5) is 0 Å². The molecule has 0 aliphatic heterocycles. The number of thiazole rings is 1. The molecule has 2 N–H and O–H groups in total. The first kappa shape index (κ1) is 8.40. The summed E-state index contributed by atoms with van der Waals surface area (Å²) in [5, 5.41) is 12.1. The highest BCUT2D eigenvalue weighted by Gasteiger charge is 1.95. The Bertz CT molecular complexity index is 293. The Balaban J connectivity index is 1.76. The lowest BCUT2D eigenvalue weighted by Crippen LogP contribution is -2.13. The summed E-state index contributed by atoms with van der Waals surface area (Å²) >= 11 is 1.62. The topological polar surface area (TPSA) is 53.6 Å². The Morgan fingerprint density at radius 3 is 3.15 bits per heavy atom. The van der Waals surface area contributed by atoms with E-state index in [0.29, 0.717) is 0 Å². The van der Waals surface area contributed by atoms with Gasteiger partial charge in [0.2, 0.25) is 0 Å². The lowest BCUT2D eigenvalue weighted by Gasteiger charge is -1.98. The Hall–Kier alpha value is -1.20. The van der Waals surface area contributed by atoms with E-state index in [9.17, 15) is 0 Å². The molecular formula is C8H10N4S. The smallest absolute Gasteiger partial charge is 0.0795 e. The second kappa shape index (κ2) is 4.15. The molecule has 2 heterocycles. The molecule has 0 spiro atoms. The molecule has 0 atom stereocenters. The van der Waals surface area contributed by atoms with Gasteiger partial charge in [-0.25, -0.2) is 4.98 Å². The minimum Gasteiger partial charge on any atom is -0.305 e. The lowest BCUT2D eigenvalue weighted by atomic mass is 10.4. The summed E-state index contributed by atoms with van der Waals surface area (Å²) < 4.78 is 0. The van der Waals surface area contributed by atoms with Crippen molar-refractivity contribution in [1.82, 2.24) is 20.5 Å². The standard InChI is InChI=1S/C8H10N4S/c1-2-11-12-7(1)3-9-4-8-5-13-6-10-8/h1-2,5-6,9H,3-4H2,(H,11,12). The van der Waals surface area contributed by atoms with Gasteiger partial charge < -0.3 is 5.32 Å². The van der Waals surface area contributed by atoms with Crippen LogP contribution in [-0.2, 0) is 13.1 Å². The summed E-state index contributed by atoms with van der Waals surface area (Å²) in [4.78, 5) is 4.17. The van der Waals surface area contributed by atoms with Crippen molar-refractivity contribution in [2.45, 2.75) is 13.1 Å². The minimum atomic E-state index is 0.803. The minimum absolute atomic E-state index is 0.803. The largest absolute Gasteiger partial charge is 0.305 e. The van der Waals surface area contributed by atoms with Gasteiger partial charge in [0.15, 0.2) is 0 Å². The van der Waals surface area contributed by atoms with Crippen molar-refractivity contribution in [2.75, 3.05) is 0 Å². The van der Waals surface area contributed by atoms with Gasteiger partial charge in [-0.3, -0.25) is 5.10 Å². The van der Waals surface area contributed by atoms with Gasteiger partial charge in [-0.05, 0) is 6.07 Å². The number of hydrogen-bond acceptors (Lipinski definition) is 4. The summed E-state index contributed by atoms with van der Waals surface area (Å²) in [6, 6.07) is 1.95. The van der Waals surface area contributed by atoms with E-state index in [0.717, 1.165) is 24.5 Å². The van der Waals surface area contributed by atoms with Gasteiger partial charge in [-0.15, -0.1) is 11.3 Å². The van der Waals surface area contributed by atoms with Crippen molar-refractivity contribution in [3.8, 4) is 0 Å². The van der Waals surface area contributed by atoms with Crippen LogP contribution in [0.3, 0.4) is 0 Å². The third-order valence-electron chi connectivity index (χ3n) is 1.66. The van der Waals surface area contributed by atoms with Crippen LogP contribution < -0.4 is 5.32 Å². The van der Waals surface area contributed by atoms with E-state index in [1.165, 1.54) is 0 Å². The van der Waals surface area contributed by atoms with Gasteiger partial charge in [0, 0.05) is 30.4 Å². The van der Waals surface area contributed by atoms with Crippen molar-refractivity contribution in [3.63, 3.8) is 0 Å². The van der Waals surface area contributed by atoms with E-state index in [-0.39, 0.29) is 0 Å². The van der Waals surface area contributed by atoms with Gasteiger partial charge in [-0.2, -0.15) is 5.10 Å². The van der Waals surface area contributed by atoms with Crippen molar-refractivity contribution >= 4 is 11.3 Å². The fourth-order valence-corrected chi connectivity index (χ4v) is 1.59. The number of H-pyrrole nitrogens is 1. The molecule has 0 bridgehead atoms. The molecule has 13 heavy (non-hydrogen) atoms. The molecule has 4 nitrogen and oxygen atoms in total. The van der Waals surface area contributed by atoms with Crippen molar-refractivity contribution in [1.29, 1.82) is 0 Å². The van der Waals surface area contributed by atoms with Crippen LogP contribution in [0.5, 0.6) is 0 Å². The summed E-state index contributed by atoms with van der Waals surface area (Å²) in [6.07, 6.45) is 1.75. The lowest BCUT2D eigenvalue weighted by molar-refractivity contribution is 0.668. The monoisotopic (exact) mass is 194 g/mol. The quantitative estimate of drug-likeness (QED) is 0.767. The van der Waals surface area contributed by atoms with Gasteiger partial charge in [0.1, 0.15) is 0 Å². The highest BCUT2D eigenvalue weighted by atomic mass is 32.1. The molecule has 0 aliphatic carbocycles. The Morgan fingerprint density at radius 2 is 2.46 bits per heavy atom. The molecule has 0 unspecified atom stereocenters. The van der Waals surface area contributed by atoms with Crippen LogP contribution in [0.2, 0.25) is 0 Å². The zero-order valence-electron chi connectivity index (χ0n) is 7.03. The van der Waals surface area contributed by atoms with Crippen LogP contribution >= 0.6 is 11.3 Å². The fraction of sp³-hybridized carbons (Fsp3) is 0.250. The molecule has 0 amide bonds. The average molecular weight is 194 g/mol. The van der Waals surface area contributed by atoms with Gasteiger partial charge in [0.05, 0.1) is 11.2 Å². The van der Waals surface area contributed by atoms with Crippen LogP contribution in [0.15, 0.2) is 23.2 Å². The van der Waals surface area contributed by atoms with E-state index >= 15 is 0 Å². The van der Waals surface area contributed by atoms with Crippen LogP contribution in [0, 0.1) is 0 Å². The van der Waals surface area contributed by atoms with Crippen molar-refractivity contribution in [3.05, 3.63) is 34.5 Å². The fourth-order valence-electron chi connectivity index (χ4n) is 1.03. The number of aromatic nitrogens is 3. The summed E-state index contributed by atoms with van der Waals surface area (Å²) in [5.74, 6) is 0. The van der Waals surface area contributed by atoms with E-state index < -0.39 is 0 Å². The first-order valence-electron chi connectivity index (χ1n) is 4.01.